The fourth-order valence-corrected chi connectivity index (χ4v) is 2.02. The van der Waals surface area contributed by atoms with Crippen LogP contribution in [0.15, 0.2) is 18.2 Å². The van der Waals surface area contributed by atoms with Gasteiger partial charge in [0.2, 0.25) is 5.91 Å². The van der Waals surface area contributed by atoms with E-state index >= 15 is 0 Å². The number of nitrogens with zero attached hydrogens (tertiary/aromatic N) is 1. The Labute approximate surface area is 109 Å². The molecule has 1 unspecified atom stereocenters. The summed E-state index contributed by atoms with van der Waals surface area (Å²) in [4.78, 5) is 14.0. The zero-order chi connectivity index (χ0) is 13.9. The van der Waals surface area contributed by atoms with E-state index in [-0.39, 0.29) is 24.3 Å². The fourth-order valence-electron chi connectivity index (χ4n) is 2.02. The van der Waals surface area contributed by atoms with Crippen LogP contribution in [-0.4, -0.2) is 24.7 Å². The number of aliphatic hydroxyl groups is 1. The number of hydrogen-bond donors (Lipinski definition) is 1. The third-order valence-electron chi connectivity index (χ3n) is 3.38. The molecule has 1 rings (SSSR count). The number of hydrogen-bond acceptors (Lipinski definition) is 2. The summed E-state index contributed by atoms with van der Waals surface area (Å²) in [7, 11) is 1.77. The van der Waals surface area contributed by atoms with Crippen molar-refractivity contribution in [2.45, 2.75) is 27.7 Å². The van der Waals surface area contributed by atoms with Gasteiger partial charge in [0.15, 0.2) is 0 Å². The van der Waals surface area contributed by atoms with Gasteiger partial charge in [-0.15, -0.1) is 0 Å². The van der Waals surface area contributed by atoms with Crippen LogP contribution in [0.3, 0.4) is 0 Å². The first-order valence-electron chi connectivity index (χ1n) is 6.34. The predicted molar refractivity (Wildman–Crippen MR) is 74.7 cm³/mol. The fraction of sp³-hybridized carbons (Fsp3) is 0.533. The third kappa shape index (κ3) is 3.10. The zero-order valence-electron chi connectivity index (χ0n) is 11.9. The van der Waals surface area contributed by atoms with E-state index in [1.54, 1.807) is 11.9 Å². The number of benzene rings is 1. The Hall–Kier alpha value is -1.35. The number of aryl methyl sites for hydroxylation is 2. The van der Waals surface area contributed by atoms with Crippen LogP contribution in [0.25, 0.3) is 0 Å². The molecular weight excluding hydrogens is 226 g/mol. The average Bonchev–Trinajstić information content (AvgIpc) is 2.31. The Morgan fingerprint density at radius 2 is 1.94 bits per heavy atom. The maximum absolute atomic E-state index is 12.3. The summed E-state index contributed by atoms with van der Waals surface area (Å²) >= 11 is 0. The molecule has 1 aromatic rings. The van der Waals surface area contributed by atoms with Crippen LogP contribution in [-0.2, 0) is 4.79 Å². The van der Waals surface area contributed by atoms with E-state index in [1.807, 2.05) is 45.9 Å². The molecule has 3 heteroatoms. The number of carbonyl (C=O) groups is 1. The molecule has 3 nitrogen and oxygen atoms in total. The van der Waals surface area contributed by atoms with Gasteiger partial charge in [-0.3, -0.25) is 4.79 Å². The normalized spacial score (nSPS) is 12.6. The van der Waals surface area contributed by atoms with Crippen LogP contribution >= 0.6 is 0 Å². The molecule has 0 spiro atoms. The molecule has 0 radical (unpaired) electrons. The molecule has 0 heterocycles. The minimum absolute atomic E-state index is 0.0267. The van der Waals surface area contributed by atoms with Crippen molar-refractivity contribution in [3.63, 3.8) is 0 Å². The van der Waals surface area contributed by atoms with Crippen LogP contribution in [0.5, 0.6) is 0 Å². The molecule has 0 fully saturated rings. The molecule has 1 aromatic carbocycles. The first kappa shape index (κ1) is 14.7. The van der Waals surface area contributed by atoms with Gasteiger partial charge in [0.05, 0.1) is 12.5 Å². The molecule has 0 aliphatic carbocycles. The zero-order valence-corrected chi connectivity index (χ0v) is 11.9. The maximum atomic E-state index is 12.3. The smallest absolute Gasteiger partial charge is 0.232 e. The SMILES string of the molecule is Cc1ccc(C)c(N(C)C(=O)C(CO)C(C)C)c1. The summed E-state index contributed by atoms with van der Waals surface area (Å²) in [6.07, 6.45) is 0. The molecule has 0 saturated carbocycles. The largest absolute Gasteiger partial charge is 0.396 e. The maximum Gasteiger partial charge on any atom is 0.232 e. The number of amides is 1. The van der Waals surface area contributed by atoms with Crippen LogP contribution in [0, 0.1) is 25.7 Å². The van der Waals surface area contributed by atoms with Crippen LogP contribution in [0.2, 0.25) is 0 Å². The highest BCUT2D eigenvalue weighted by molar-refractivity contribution is 5.95. The Balaban J connectivity index is 3.02. The van der Waals surface area contributed by atoms with Gasteiger partial charge in [-0.05, 0) is 37.0 Å². The molecule has 0 aliphatic heterocycles. The van der Waals surface area contributed by atoms with Gasteiger partial charge in [-0.25, -0.2) is 0 Å². The van der Waals surface area contributed by atoms with Gasteiger partial charge in [0.1, 0.15) is 0 Å². The van der Waals surface area contributed by atoms with Gasteiger partial charge in [-0.1, -0.05) is 26.0 Å². The number of carbonyl (C=O) groups excluding carboxylic acids is 1. The lowest BCUT2D eigenvalue weighted by Gasteiger charge is -2.26. The minimum Gasteiger partial charge on any atom is -0.396 e. The van der Waals surface area contributed by atoms with Crippen molar-refractivity contribution in [2.75, 3.05) is 18.6 Å². The number of rotatable bonds is 4. The highest BCUT2D eigenvalue weighted by atomic mass is 16.3. The van der Waals surface area contributed by atoms with E-state index in [2.05, 4.69) is 0 Å². The summed E-state index contributed by atoms with van der Waals surface area (Å²) in [5, 5.41) is 9.34. The van der Waals surface area contributed by atoms with E-state index in [1.165, 1.54) is 0 Å². The molecule has 0 saturated heterocycles. The summed E-state index contributed by atoms with van der Waals surface area (Å²) in [6, 6.07) is 6.04. The molecule has 100 valence electrons. The van der Waals surface area contributed by atoms with Crippen molar-refractivity contribution in [2.24, 2.45) is 11.8 Å². The Bertz CT molecular complexity index is 427. The standard InChI is InChI=1S/C15H23NO2/c1-10(2)13(9-17)15(18)16(5)14-8-11(3)6-7-12(14)4/h6-8,10,13,17H,9H2,1-5H3. The Morgan fingerprint density at radius 1 is 1.33 bits per heavy atom. The van der Waals surface area contributed by atoms with Crippen molar-refractivity contribution in [1.29, 1.82) is 0 Å². The Morgan fingerprint density at radius 3 is 2.44 bits per heavy atom. The molecule has 1 atom stereocenters. The molecular formula is C15H23NO2. The Kier molecular flexibility index (Phi) is 4.91. The average molecular weight is 249 g/mol. The molecule has 1 N–H and O–H groups in total. The second-order valence-corrected chi connectivity index (χ2v) is 5.22. The van der Waals surface area contributed by atoms with Crippen LogP contribution in [0.4, 0.5) is 5.69 Å². The molecule has 1 amide bonds. The molecule has 0 aromatic heterocycles. The number of aliphatic hydroxyl groups excluding tert-OH is 1. The van der Waals surface area contributed by atoms with Gasteiger partial charge >= 0.3 is 0 Å². The quantitative estimate of drug-likeness (QED) is 0.890. The first-order valence-corrected chi connectivity index (χ1v) is 6.34. The molecule has 0 bridgehead atoms. The van der Waals surface area contributed by atoms with Gasteiger partial charge in [0, 0.05) is 12.7 Å². The second kappa shape index (κ2) is 6.01. The summed E-state index contributed by atoms with van der Waals surface area (Å²) < 4.78 is 0. The monoisotopic (exact) mass is 249 g/mol. The first-order chi connectivity index (χ1) is 8.38. The van der Waals surface area contributed by atoms with Crippen molar-refractivity contribution < 1.29 is 9.90 Å². The van der Waals surface area contributed by atoms with E-state index in [0.717, 1.165) is 16.8 Å². The summed E-state index contributed by atoms with van der Waals surface area (Å²) in [5.41, 5.74) is 3.11. The van der Waals surface area contributed by atoms with E-state index in [4.69, 9.17) is 0 Å². The third-order valence-corrected chi connectivity index (χ3v) is 3.38. The van der Waals surface area contributed by atoms with Gasteiger partial charge < -0.3 is 10.0 Å². The van der Waals surface area contributed by atoms with Gasteiger partial charge in [-0.2, -0.15) is 0 Å². The van der Waals surface area contributed by atoms with Crippen molar-refractivity contribution in [3.8, 4) is 0 Å². The van der Waals surface area contributed by atoms with Crippen molar-refractivity contribution >= 4 is 11.6 Å². The van der Waals surface area contributed by atoms with E-state index in [9.17, 15) is 9.90 Å². The lowest BCUT2D eigenvalue weighted by atomic mass is 9.95. The summed E-state index contributed by atoms with van der Waals surface area (Å²) in [5.74, 6) is -0.230. The molecule has 18 heavy (non-hydrogen) atoms. The number of anilines is 1. The predicted octanol–water partition coefficient (Wildman–Crippen LogP) is 2.53. The van der Waals surface area contributed by atoms with E-state index in [0.29, 0.717) is 0 Å². The minimum atomic E-state index is -0.338. The highest BCUT2D eigenvalue weighted by Gasteiger charge is 2.25. The van der Waals surface area contributed by atoms with Crippen LogP contribution < -0.4 is 4.90 Å². The second-order valence-electron chi connectivity index (χ2n) is 5.22. The molecule has 0 aliphatic rings. The van der Waals surface area contributed by atoms with Crippen molar-refractivity contribution in [3.05, 3.63) is 29.3 Å². The van der Waals surface area contributed by atoms with E-state index < -0.39 is 0 Å². The van der Waals surface area contributed by atoms with Crippen molar-refractivity contribution in [1.82, 2.24) is 0 Å². The topological polar surface area (TPSA) is 40.5 Å². The summed E-state index contributed by atoms with van der Waals surface area (Å²) in [6.45, 7) is 7.80. The highest BCUT2D eigenvalue weighted by Crippen LogP contribution is 2.23. The lowest BCUT2D eigenvalue weighted by Crippen LogP contribution is -2.37. The lowest BCUT2D eigenvalue weighted by molar-refractivity contribution is -0.124. The van der Waals surface area contributed by atoms with Crippen LogP contribution in [0.1, 0.15) is 25.0 Å². The van der Waals surface area contributed by atoms with Gasteiger partial charge in [0.25, 0.3) is 0 Å².